The molecule has 0 unspecified atom stereocenters. The normalized spacial score (nSPS) is 11.3. The fourth-order valence-electron chi connectivity index (χ4n) is 1.45. The molecular weight excluding hydrogens is 228 g/mol. The Morgan fingerprint density at radius 2 is 2.00 bits per heavy atom. The summed E-state index contributed by atoms with van der Waals surface area (Å²) < 4.78 is 10.4. The zero-order chi connectivity index (χ0) is 13.2. The van der Waals surface area contributed by atoms with Crippen molar-refractivity contribution in [2.24, 2.45) is 0 Å². The van der Waals surface area contributed by atoms with Crippen molar-refractivity contribution < 1.29 is 14.3 Å². The van der Waals surface area contributed by atoms with Crippen LogP contribution in [0.3, 0.4) is 0 Å². The quantitative estimate of drug-likeness (QED) is 0.422. The summed E-state index contributed by atoms with van der Waals surface area (Å²) in [7, 11) is 0. The van der Waals surface area contributed by atoms with Gasteiger partial charge in [0.1, 0.15) is 0 Å². The first-order valence-corrected chi connectivity index (χ1v) is 6.19. The van der Waals surface area contributed by atoms with Gasteiger partial charge in [0.05, 0.1) is 19.8 Å². The predicted octanol–water partition coefficient (Wildman–Crippen LogP) is 3.10. The van der Waals surface area contributed by atoms with Crippen molar-refractivity contribution in [3.63, 3.8) is 0 Å². The molecule has 0 N–H and O–H groups in total. The van der Waals surface area contributed by atoms with E-state index in [9.17, 15) is 4.79 Å². The Bertz CT molecular complexity index is 382. The van der Waals surface area contributed by atoms with Gasteiger partial charge in [-0.15, -0.1) is 0 Å². The molecule has 3 nitrogen and oxygen atoms in total. The average molecular weight is 248 g/mol. The zero-order valence-electron chi connectivity index (χ0n) is 11.0. The van der Waals surface area contributed by atoms with E-state index < -0.39 is 0 Å². The van der Waals surface area contributed by atoms with Crippen molar-refractivity contribution in [2.45, 2.75) is 26.9 Å². The Labute approximate surface area is 108 Å². The molecule has 0 saturated heterocycles. The van der Waals surface area contributed by atoms with Crippen LogP contribution in [0.1, 0.15) is 25.8 Å². The Kier molecular flexibility index (Phi) is 6.81. The molecule has 0 radical (unpaired) electrons. The topological polar surface area (TPSA) is 35.5 Å². The largest absolute Gasteiger partial charge is 0.463 e. The van der Waals surface area contributed by atoms with E-state index in [4.69, 9.17) is 9.47 Å². The van der Waals surface area contributed by atoms with E-state index >= 15 is 0 Å². The summed E-state index contributed by atoms with van der Waals surface area (Å²) in [6.07, 6.45) is 2.57. The third-order valence-corrected chi connectivity index (χ3v) is 2.42. The number of hydrogen-bond donors (Lipinski definition) is 0. The Hall–Kier alpha value is -1.61. The van der Waals surface area contributed by atoms with E-state index in [1.165, 1.54) is 0 Å². The van der Waals surface area contributed by atoms with Crippen LogP contribution >= 0.6 is 0 Å². The molecule has 1 aromatic rings. The molecule has 0 atom stereocenters. The number of esters is 1. The Morgan fingerprint density at radius 3 is 2.67 bits per heavy atom. The van der Waals surface area contributed by atoms with Gasteiger partial charge in [-0.05, 0) is 25.8 Å². The van der Waals surface area contributed by atoms with Gasteiger partial charge in [0.25, 0.3) is 0 Å². The number of carbonyl (C=O) groups excluding carboxylic acids is 1. The highest BCUT2D eigenvalue weighted by Crippen LogP contribution is 2.03. The second kappa shape index (κ2) is 8.48. The van der Waals surface area contributed by atoms with Gasteiger partial charge in [-0.3, -0.25) is 0 Å². The van der Waals surface area contributed by atoms with E-state index in [1.807, 2.05) is 36.4 Å². The van der Waals surface area contributed by atoms with Crippen LogP contribution in [0.25, 0.3) is 0 Å². The van der Waals surface area contributed by atoms with E-state index in [0.717, 1.165) is 12.0 Å². The summed E-state index contributed by atoms with van der Waals surface area (Å²) in [4.78, 5) is 11.3. The molecule has 1 rings (SSSR count). The number of carbonyl (C=O) groups is 1. The third kappa shape index (κ3) is 5.64. The maximum Gasteiger partial charge on any atom is 0.333 e. The SMILES string of the molecule is CCOC(=O)C(C)=CCCOCc1ccccc1. The van der Waals surface area contributed by atoms with Crippen LogP contribution in [-0.4, -0.2) is 19.2 Å². The first-order valence-electron chi connectivity index (χ1n) is 6.19. The molecule has 18 heavy (non-hydrogen) atoms. The van der Waals surface area contributed by atoms with Crippen molar-refractivity contribution in [3.8, 4) is 0 Å². The summed E-state index contributed by atoms with van der Waals surface area (Å²) in [5, 5.41) is 0. The van der Waals surface area contributed by atoms with Gasteiger partial charge in [-0.25, -0.2) is 4.79 Å². The van der Waals surface area contributed by atoms with Crippen molar-refractivity contribution in [1.82, 2.24) is 0 Å². The van der Waals surface area contributed by atoms with Gasteiger partial charge in [0.15, 0.2) is 0 Å². The summed E-state index contributed by atoms with van der Waals surface area (Å²) >= 11 is 0. The highest BCUT2D eigenvalue weighted by atomic mass is 16.5. The molecule has 0 saturated carbocycles. The molecule has 1 aromatic carbocycles. The van der Waals surface area contributed by atoms with Gasteiger partial charge in [0.2, 0.25) is 0 Å². The summed E-state index contributed by atoms with van der Waals surface area (Å²) in [5.41, 5.74) is 1.80. The van der Waals surface area contributed by atoms with E-state index in [2.05, 4.69) is 0 Å². The highest BCUT2D eigenvalue weighted by molar-refractivity contribution is 5.87. The molecule has 98 valence electrons. The highest BCUT2D eigenvalue weighted by Gasteiger charge is 2.02. The Morgan fingerprint density at radius 1 is 1.28 bits per heavy atom. The molecule has 0 amide bonds. The van der Waals surface area contributed by atoms with Crippen LogP contribution in [0.2, 0.25) is 0 Å². The summed E-state index contributed by atoms with van der Waals surface area (Å²) in [6, 6.07) is 10.0. The van der Waals surface area contributed by atoms with E-state index in [-0.39, 0.29) is 5.97 Å². The Balaban J connectivity index is 2.18. The number of ether oxygens (including phenoxy) is 2. The zero-order valence-corrected chi connectivity index (χ0v) is 11.0. The molecule has 0 heterocycles. The molecule has 0 aliphatic rings. The number of rotatable bonds is 7. The first-order chi connectivity index (χ1) is 8.74. The fraction of sp³-hybridized carbons (Fsp3) is 0.400. The van der Waals surface area contributed by atoms with Crippen molar-refractivity contribution in [1.29, 1.82) is 0 Å². The van der Waals surface area contributed by atoms with Crippen LogP contribution in [-0.2, 0) is 20.9 Å². The second-order valence-corrected chi connectivity index (χ2v) is 3.93. The van der Waals surface area contributed by atoms with Gasteiger partial charge in [-0.1, -0.05) is 36.4 Å². The maximum atomic E-state index is 11.3. The van der Waals surface area contributed by atoms with Crippen LogP contribution in [0.5, 0.6) is 0 Å². The molecule has 0 aliphatic heterocycles. The lowest BCUT2D eigenvalue weighted by molar-refractivity contribution is -0.138. The minimum absolute atomic E-state index is 0.249. The molecule has 0 aromatic heterocycles. The van der Waals surface area contributed by atoms with Crippen molar-refractivity contribution in [2.75, 3.05) is 13.2 Å². The molecule has 0 spiro atoms. The van der Waals surface area contributed by atoms with Crippen molar-refractivity contribution >= 4 is 5.97 Å². The third-order valence-electron chi connectivity index (χ3n) is 2.42. The molecule has 0 fully saturated rings. The van der Waals surface area contributed by atoms with Gasteiger partial charge in [-0.2, -0.15) is 0 Å². The van der Waals surface area contributed by atoms with Crippen molar-refractivity contribution in [3.05, 3.63) is 47.5 Å². The second-order valence-electron chi connectivity index (χ2n) is 3.93. The molecular formula is C15H20O3. The predicted molar refractivity (Wildman–Crippen MR) is 71.1 cm³/mol. The average Bonchev–Trinajstić information content (AvgIpc) is 2.39. The maximum absolute atomic E-state index is 11.3. The molecule has 0 aliphatic carbocycles. The monoisotopic (exact) mass is 248 g/mol. The smallest absolute Gasteiger partial charge is 0.333 e. The fourth-order valence-corrected chi connectivity index (χ4v) is 1.45. The lowest BCUT2D eigenvalue weighted by Gasteiger charge is -2.03. The van der Waals surface area contributed by atoms with Crippen LogP contribution in [0.15, 0.2) is 42.0 Å². The molecule has 3 heteroatoms. The van der Waals surface area contributed by atoms with Crippen LogP contribution < -0.4 is 0 Å². The molecule has 0 bridgehead atoms. The van der Waals surface area contributed by atoms with Crippen LogP contribution in [0, 0.1) is 0 Å². The summed E-state index contributed by atoms with van der Waals surface area (Å²) in [5.74, 6) is -0.249. The number of benzene rings is 1. The van der Waals surface area contributed by atoms with Gasteiger partial charge in [0, 0.05) is 5.57 Å². The lowest BCUT2D eigenvalue weighted by Crippen LogP contribution is -2.05. The van der Waals surface area contributed by atoms with E-state index in [0.29, 0.717) is 25.4 Å². The minimum atomic E-state index is -0.249. The lowest BCUT2D eigenvalue weighted by atomic mass is 10.2. The minimum Gasteiger partial charge on any atom is -0.463 e. The van der Waals surface area contributed by atoms with Crippen LogP contribution in [0.4, 0.5) is 0 Å². The first kappa shape index (κ1) is 14.5. The van der Waals surface area contributed by atoms with Gasteiger partial charge < -0.3 is 9.47 Å². The van der Waals surface area contributed by atoms with E-state index in [1.54, 1.807) is 13.8 Å². The summed E-state index contributed by atoms with van der Waals surface area (Å²) in [6.45, 7) is 5.18. The van der Waals surface area contributed by atoms with Gasteiger partial charge >= 0.3 is 5.97 Å². The standard InChI is InChI=1S/C15H20O3/c1-3-18-15(16)13(2)8-7-11-17-12-14-9-5-4-6-10-14/h4-6,8-10H,3,7,11-12H2,1-2H3. The number of hydrogen-bond acceptors (Lipinski definition) is 3.